The van der Waals surface area contributed by atoms with E-state index in [9.17, 15) is 18.4 Å². The van der Waals surface area contributed by atoms with Gasteiger partial charge in [0, 0.05) is 23.0 Å². The number of likely N-dealkylation sites (tertiary alicyclic amines) is 1. The van der Waals surface area contributed by atoms with Crippen LogP contribution >= 0.6 is 11.6 Å². The van der Waals surface area contributed by atoms with Gasteiger partial charge in [0.1, 0.15) is 6.54 Å². The molecule has 6 nitrogen and oxygen atoms in total. The van der Waals surface area contributed by atoms with Crippen LogP contribution in [0.2, 0.25) is 5.02 Å². The summed E-state index contributed by atoms with van der Waals surface area (Å²) in [5.74, 6) is 5.90. The molecule has 224 valence electrons. The zero-order valence-electron chi connectivity index (χ0n) is 24.7. The van der Waals surface area contributed by atoms with Crippen LogP contribution < -0.4 is 5.32 Å². The predicted molar refractivity (Wildman–Crippen MR) is 162 cm³/mol. The maximum Gasteiger partial charge on any atom is 0.406 e. The van der Waals surface area contributed by atoms with Gasteiger partial charge in [0.2, 0.25) is 0 Å². The lowest BCUT2D eigenvalue weighted by Gasteiger charge is -2.37. The number of halogens is 4. The molecule has 1 aromatic carbocycles. The molecule has 1 aliphatic heterocycles. The smallest absolute Gasteiger partial charge is 0.373 e. The van der Waals surface area contributed by atoms with Crippen molar-refractivity contribution in [2.45, 2.75) is 71.3 Å². The SMILES string of the molecule is CCN(CC)C1CCN(Cc2cc(Cl)cc3c2cc(C#CCNc2ccc(C(C)(C)C#N)nc2)n3CC(F)(F)F)CC1. The number of benzene rings is 1. The van der Waals surface area contributed by atoms with Crippen LogP contribution in [0.1, 0.15) is 57.5 Å². The molecule has 0 atom stereocenters. The lowest BCUT2D eigenvalue weighted by atomic mass is 9.91. The van der Waals surface area contributed by atoms with E-state index in [2.05, 4.69) is 51.9 Å². The van der Waals surface area contributed by atoms with Crippen molar-refractivity contribution in [3.63, 3.8) is 0 Å². The maximum atomic E-state index is 13.7. The molecule has 1 fully saturated rings. The Balaban J connectivity index is 1.55. The summed E-state index contributed by atoms with van der Waals surface area (Å²) in [5, 5.41) is 13.6. The lowest BCUT2D eigenvalue weighted by Crippen LogP contribution is -2.44. The van der Waals surface area contributed by atoms with Gasteiger partial charge in [-0.1, -0.05) is 31.4 Å². The highest BCUT2D eigenvalue weighted by Gasteiger charge is 2.30. The molecule has 0 saturated carbocycles. The molecule has 1 saturated heterocycles. The summed E-state index contributed by atoms with van der Waals surface area (Å²) in [4.78, 5) is 9.20. The fourth-order valence-electron chi connectivity index (χ4n) is 5.61. The normalized spacial score (nSPS) is 15.0. The number of piperidine rings is 1. The highest BCUT2D eigenvalue weighted by atomic mass is 35.5. The number of hydrogen-bond donors (Lipinski definition) is 1. The fourth-order valence-corrected chi connectivity index (χ4v) is 5.84. The summed E-state index contributed by atoms with van der Waals surface area (Å²) < 4.78 is 42.2. The third-order valence-electron chi connectivity index (χ3n) is 7.97. The fraction of sp³-hybridized carbons (Fsp3) is 0.500. The summed E-state index contributed by atoms with van der Waals surface area (Å²) in [5.41, 5.74) is 2.29. The van der Waals surface area contributed by atoms with Crippen molar-refractivity contribution in [3.05, 3.63) is 58.5 Å². The van der Waals surface area contributed by atoms with Crippen molar-refractivity contribution in [3.8, 4) is 17.9 Å². The Morgan fingerprint density at radius 2 is 1.83 bits per heavy atom. The van der Waals surface area contributed by atoms with Gasteiger partial charge in [-0.3, -0.25) is 9.88 Å². The molecule has 42 heavy (non-hydrogen) atoms. The Morgan fingerprint density at radius 3 is 2.43 bits per heavy atom. The number of aromatic nitrogens is 2. The number of nitriles is 1. The summed E-state index contributed by atoms with van der Waals surface area (Å²) in [7, 11) is 0. The zero-order valence-corrected chi connectivity index (χ0v) is 25.4. The average molecular weight is 599 g/mol. The summed E-state index contributed by atoms with van der Waals surface area (Å²) in [6.07, 6.45) is -0.660. The molecule has 10 heteroatoms. The minimum absolute atomic E-state index is 0.214. The van der Waals surface area contributed by atoms with Crippen LogP contribution in [0.15, 0.2) is 36.5 Å². The number of nitrogens with one attached hydrogen (secondary N) is 1. The first-order valence-electron chi connectivity index (χ1n) is 14.4. The van der Waals surface area contributed by atoms with E-state index in [4.69, 9.17) is 11.6 Å². The number of anilines is 1. The molecule has 0 bridgehead atoms. The zero-order chi connectivity index (χ0) is 30.5. The second-order valence-electron chi connectivity index (χ2n) is 11.3. The molecular formula is C32H38ClF3N6. The second kappa shape index (κ2) is 13.4. The van der Waals surface area contributed by atoms with Crippen LogP contribution in [-0.2, 0) is 18.5 Å². The van der Waals surface area contributed by atoms with E-state index >= 15 is 0 Å². The van der Waals surface area contributed by atoms with Gasteiger partial charge in [0.15, 0.2) is 0 Å². The van der Waals surface area contributed by atoms with E-state index in [0.29, 0.717) is 34.5 Å². The molecule has 1 aliphatic rings. The summed E-state index contributed by atoms with van der Waals surface area (Å²) >= 11 is 6.45. The Hall–Kier alpha value is -3.24. The number of fused-ring (bicyclic) bond motifs is 1. The van der Waals surface area contributed by atoms with Gasteiger partial charge in [0.05, 0.1) is 46.8 Å². The number of hydrogen-bond acceptors (Lipinski definition) is 5. The van der Waals surface area contributed by atoms with Gasteiger partial charge in [-0.15, -0.1) is 0 Å². The number of rotatable bonds is 9. The van der Waals surface area contributed by atoms with E-state index in [0.717, 1.165) is 50.0 Å². The number of pyridine rings is 1. The van der Waals surface area contributed by atoms with Gasteiger partial charge < -0.3 is 14.8 Å². The van der Waals surface area contributed by atoms with E-state index in [1.54, 1.807) is 38.2 Å². The first-order valence-corrected chi connectivity index (χ1v) is 14.8. The van der Waals surface area contributed by atoms with Crippen LogP contribution in [-0.4, -0.2) is 64.3 Å². The molecule has 0 radical (unpaired) electrons. The average Bonchev–Trinajstić information content (AvgIpc) is 3.28. The monoisotopic (exact) mass is 598 g/mol. The Labute approximate surface area is 251 Å². The summed E-state index contributed by atoms with van der Waals surface area (Å²) in [6.45, 7) is 11.6. The van der Waals surface area contributed by atoms with Crippen molar-refractivity contribution < 1.29 is 13.2 Å². The van der Waals surface area contributed by atoms with Crippen LogP contribution in [0.3, 0.4) is 0 Å². The standard InChI is InChI=1S/C32H38ClF3N6/c1-5-41(6-2)26-11-14-40(15-12-26)20-23-16-24(33)17-29-28(23)18-27(42(29)22-32(34,35)36)8-7-13-38-25-9-10-30(39-19-25)31(3,4)21-37/h9-10,16-19,26,38H,5-6,11-15,20,22H2,1-4H3. The molecule has 0 spiro atoms. The van der Waals surface area contributed by atoms with Gasteiger partial charge in [-0.25, -0.2) is 0 Å². The highest BCUT2D eigenvalue weighted by molar-refractivity contribution is 6.31. The molecule has 2 aromatic heterocycles. The first kappa shape index (κ1) is 31.7. The van der Waals surface area contributed by atoms with Crippen LogP contribution in [0, 0.1) is 23.2 Å². The largest absolute Gasteiger partial charge is 0.406 e. The third kappa shape index (κ3) is 7.77. The summed E-state index contributed by atoms with van der Waals surface area (Å²) in [6, 6.07) is 11.6. The van der Waals surface area contributed by atoms with Gasteiger partial charge in [-0.2, -0.15) is 18.4 Å². The van der Waals surface area contributed by atoms with Crippen molar-refractivity contribution in [1.82, 2.24) is 19.4 Å². The van der Waals surface area contributed by atoms with Crippen molar-refractivity contribution >= 4 is 28.2 Å². The predicted octanol–water partition coefficient (Wildman–Crippen LogP) is 6.82. The van der Waals surface area contributed by atoms with Crippen LogP contribution in [0.5, 0.6) is 0 Å². The van der Waals surface area contributed by atoms with Crippen LogP contribution in [0.25, 0.3) is 10.9 Å². The molecule has 3 heterocycles. The van der Waals surface area contributed by atoms with Gasteiger partial charge in [0.25, 0.3) is 0 Å². The quantitative estimate of drug-likeness (QED) is 0.274. The molecule has 3 aromatic rings. The molecule has 0 amide bonds. The Bertz CT molecular complexity index is 1460. The van der Waals surface area contributed by atoms with E-state index in [1.165, 1.54) is 4.57 Å². The van der Waals surface area contributed by atoms with Crippen molar-refractivity contribution in [2.75, 3.05) is 38.0 Å². The van der Waals surface area contributed by atoms with Crippen molar-refractivity contribution in [2.24, 2.45) is 0 Å². The van der Waals surface area contributed by atoms with Gasteiger partial charge in [-0.05, 0) is 94.7 Å². The van der Waals surface area contributed by atoms with Crippen molar-refractivity contribution in [1.29, 1.82) is 5.26 Å². The van der Waals surface area contributed by atoms with Gasteiger partial charge >= 0.3 is 6.18 Å². The molecular weight excluding hydrogens is 561 g/mol. The molecule has 4 rings (SSSR count). The number of nitrogens with zero attached hydrogens (tertiary/aromatic N) is 5. The molecule has 1 N–H and O–H groups in total. The minimum Gasteiger partial charge on any atom is -0.373 e. The maximum absolute atomic E-state index is 13.7. The highest BCUT2D eigenvalue weighted by Crippen LogP contribution is 2.32. The molecule has 0 unspecified atom stereocenters. The Kier molecular flexibility index (Phi) is 10.1. The second-order valence-corrected chi connectivity index (χ2v) is 11.7. The Morgan fingerprint density at radius 1 is 1.12 bits per heavy atom. The van der Waals surface area contributed by atoms with Crippen LogP contribution in [0.4, 0.5) is 18.9 Å². The minimum atomic E-state index is -4.42. The molecule has 0 aliphatic carbocycles. The third-order valence-corrected chi connectivity index (χ3v) is 8.19. The van der Waals surface area contributed by atoms with E-state index in [1.807, 2.05) is 12.1 Å². The first-order chi connectivity index (χ1) is 19.9. The van der Waals surface area contributed by atoms with E-state index in [-0.39, 0.29) is 12.2 Å². The topological polar surface area (TPSA) is 60.1 Å². The number of alkyl halides is 3. The lowest BCUT2D eigenvalue weighted by molar-refractivity contribution is -0.140. The van der Waals surface area contributed by atoms with E-state index < -0.39 is 18.1 Å².